The number of likely N-dealkylation sites (tertiary alicyclic amines) is 1. The average molecular weight is 493 g/mol. The molecule has 0 unspecified atom stereocenters. The lowest BCUT2D eigenvalue weighted by Crippen LogP contribution is -2.49. The zero-order valence-electron chi connectivity index (χ0n) is 22.3. The maximum absolute atomic E-state index is 13.0. The highest BCUT2D eigenvalue weighted by Crippen LogP contribution is 2.38. The Morgan fingerprint density at radius 3 is 2.58 bits per heavy atom. The first-order valence-electron chi connectivity index (χ1n) is 14.0. The van der Waals surface area contributed by atoms with Crippen LogP contribution < -0.4 is 9.47 Å². The number of nitrogens with zero attached hydrogens (tertiary/aromatic N) is 2. The standard InChI is InChI=1S/C31H44N2O3/c1-3-4-19-32-22-23-35-29-15-8-6-12-27(29)13-9-10-16-31(25-32)17-20-33(21-18-31)30(34)24-36-28-14-7-5-11-26(28)2/h5-8,11-12,14-15H,3-4,9-10,13,16-25H2,1-2H3. The fraction of sp³-hybridized carbons (Fsp3) is 0.581. The van der Waals surface area contributed by atoms with E-state index < -0.39 is 0 Å². The zero-order chi connectivity index (χ0) is 25.2. The molecule has 0 aromatic heterocycles. The summed E-state index contributed by atoms with van der Waals surface area (Å²) in [6, 6.07) is 16.4. The molecular weight excluding hydrogens is 448 g/mol. The van der Waals surface area contributed by atoms with E-state index in [0.717, 1.165) is 75.7 Å². The van der Waals surface area contributed by atoms with E-state index in [4.69, 9.17) is 9.47 Å². The summed E-state index contributed by atoms with van der Waals surface area (Å²) < 4.78 is 12.1. The molecule has 2 aliphatic rings. The van der Waals surface area contributed by atoms with Crippen molar-refractivity contribution in [2.75, 3.05) is 45.9 Å². The summed E-state index contributed by atoms with van der Waals surface area (Å²) in [4.78, 5) is 17.6. The fourth-order valence-electron chi connectivity index (χ4n) is 5.74. The van der Waals surface area contributed by atoms with E-state index in [-0.39, 0.29) is 17.9 Å². The highest BCUT2D eigenvalue weighted by atomic mass is 16.5. The molecule has 1 saturated heterocycles. The van der Waals surface area contributed by atoms with Crippen molar-refractivity contribution >= 4 is 5.91 Å². The summed E-state index contributed by atoms with van der Waals surface area (Å²) in [5.41, 5.74) is 2.68. The van der Waals surface area contributed by atoms with Crippen molar-refractivity contribution in [2.45, 2.75) is 65.2 Å². The van der Waals surface area contributed by atoms with Gasteiger partial charge in [-0.3, -0.25) is 9.69 Å². The van der Waals surface area contributed by atoms with Crippen molar-refractivity contribution < 1.29 is 14.3 Å². The van der Waals surface area contributed by atoms with E-state index in [9.17, 15) is 4.79 Å². The molecule has 2 aromatic carbocycles. The minimum Gasteiger partial charge on any atom is -0.492 e. The van der Waals surface area contributed by atoms with Gasteiger partial charge in [-0.2, -0.15) is 0 Å². The molecule has 0 radical (unpaired) electrons. The Balaban J connectivity index is 1.38. The SMILES string of the molecule is CCCCN1CCOc2ccccc2CCCCC2(CCN(C(=O)COc3ccccc3C)CC2)C1. The Kier molecular flexibility index (Phi) is 9.68. The molecule has 2 aromatic rings. The van der Waals surface area contributed by atoms with Crippen LogP contribution in [0.3, 0.4) is 0 Å². The third-order valence-electron chi connectivity index (χ3n) is 8.05. The first kappa shape index (κ1) is 26.5. The van der Waals surface area contributed by atoms with Crippen molar-refractivity contribution in [3.05, 3.63) is 59.7 Å². The largest absolute Gasteiger partial charge is 0.492 e. The van der Waals surface area contributed by atoms with E-state index in [1.807, 2.05) is 36.1 Å². The first-order chi connectivity index (χ1) is 17.6. The van der Waals surface area contributed by atoms with E-state index in [1.165, 1.54) is 37.7 Å². The van der Waals surface area contributed by atoms with Crippen LogP contribution in [0.15, 0.2) is 48.5 Å². The summed E-state index contributed by atoms with van der Waals surface area (Å²) >= 11 is 0. The minimum atomic E-state index is 0.106. The van der Waals surface area contributed by atoms with Crippen LogP contribution in [0, 0.1) is 12.3 Å². The number of fused-ring (bicyclic) bond motifs is 1. The second-order valence-electron chi connectivity index (χ2n) is 10.7. The number of carbonyl (C=O) groups is 1. The highest BCUT2D eigenvalue weighted by molar-refractivity contribution is 5.78. The summed E-state index contributed by atoms with van der Waals surface area (Å²) in [5.74, 6) is 1.96. The second-order valence-corrected chi connectivity index (χ2v) is 10.7. The Labute approximate surface area is 217 Å². The molecule has 1 amide bonds. The Bertz CT molecular complexity index is 968. The highest BCUT2D eigenvalue weighted by Gasteiger charge is 2.37. The molecule has 0 N–H and O–H groups in total. The quantitative estimate of drug-likeness (QED) is 0.504. The third kappa shape index (κ3) is 7.25. The van der Waals surface area contributed by atoms with Crippen molar-refractivity contribution in [1.29, 1.82) is 0 Å². The zero-order valence-corrected chi connectivity index (χ0v) is 22.3. The predicted octanol–water partition coefficient (Wildman–Crippen LogP) is 5.89. The average Bonchev–Trinajstić information content (AvgIpc) is 2.89. The first-order valence-corrected chi connectivity index (χ1v) is 14.0. The second kappa shape index (κ2) is 13.1. The van der Waals surface area contributed by atoms with Gasteiger partial charge in [-0.25, -0.2) is 0 Å². The molecule has 5 heteroatoms. The van der Waals surface area contributed by atoms with Gasteiger partial charge in [0.05, 0.1) is 0 Å². The molecule has 0 saturated carbocycles. The molecule has 0 atom stereocenters. The van der Waals surface area contributed by atoms with Crippen molar-refractivity contribution in [2.24, 2.45) is 5.41 Å². The third-order valence-corrected chi connectivity index (χ3v) is 8.05. The summed E-state index contributed by atoms with van der Waals surface area (Å²) in [6.07, 6.45) is 9.29. The molecule has 1 fully saturated rings. The topological polar surface area (TPSA) is 42.0 Å². The maximum atomic E-state index is 13.0. The van der Waals surface area contributed by atoms with Gasteiger partial charge in [0, 0.05) is 26.2 Å². The van der Waals surface area contributed by atoms with Gasteiger partial charge in [0.1, 0.15) is 18.1 Å². The summed E-state index contributed by atoms with van der Waals surface area (Å²) in [6.45, 7) is 9.99. The molecule has 2 heterocycles. The van der Waals surface area contributed by atoms with Crippen LogP contribution in [0.4, 0.5) is 0 Å². The number of benzene rings is 2. The Hall–Kier alpha value is -2.53. The van der Waals surface area contributed by atoms with Crippen molar-refractivity contribution in [1.82, 2.24) is 9.80 Å². The fourth-order valence-corrected chi connectivity index (χ4v) is 5.74. The number of rotatable bonds is 6. The number of piperidine rings is 1. The van der Waals surface area contributed by atoms with E-state index >= 15 is 0 Å². The van der Waals surface area contributed by atoms with Crippen LogP contribution in [-0.2, 0) is 11.2 Å². The van der Waals surface area contributed by atoms with Gasteiger partial charge >= 0.3 is 0 Å². The number of para-hydroxylation sites is 2. The van der Waals surface area contributed by atoms with Gasteiger partial charge in [0.25, 0.3) is 5.91 Å². The van der Waals surface area contributed by atoms with E-state index in [2.05, 4.69) is 36.1 Å². The van der Waals surface area contributed by atoms with Crippen LogP contribution in [0.5, 0.6) is 11.5 Å². The van der Waals surface area contributed by atoms with E-state index in [0.29, 0.717) is 0 Å². The number of hydrogen-bond donors (Lipinski definition) is 0. The predicted molar refractivity (Wildman–Crippen MR) is 146 cm³/mol. The van der Waals surface area contributed by atoms with Gasteiger partial charge in [-0.15, -0.1) is 0 Å². The van der Waals surface area contributed by atoms with Gasteiger partial charge in [-0.05, 0) is 80.7 Å². The van der Waals surface area contributed by atoms with Crippen LogP contribution in [0.2, 0.25) is 0 Å². The molecular formula is C31H44N2O3. The monoisotopic (exact) mass is 492 g/mol. The van der Waals surface area contributed by atoms with Crippen molar-refractivity contribution in [3.63, 3.8) is 0 Å². The van der Waals surface area contributed by atoms with E-state index in [1.54, 1.807) is 0 Å². The molecule has 1 spiro atoms. The lowest BCUT2D eigenvalue weighted by atomic mass is 9.73. The smallest absolute Gasteiger partial charge is 0.260 e. The van der Waals surface area contributed by atoms with Crippen LogP contribution >= 0.6 is 0 Å². The van der Waals surface area contributed by atoms with Crippen molar-refractivity contribution in [3.8, 4) is 11.5 Å². The lowest BCUT2D eigenvalue weighted by molar-refractivity contribution is -0.136. The number of hydrogen-bond acceptors (Lipinski definition) is 4. The number of amides is 1. The molecule has 5 nitrogen and oxygen atoms in total. The van der Waals surface area contributed by atoms with Gasteiger partial charge in [-0.1, -0.05) is 56.2 Å². The molecule has 36 heavy (non-hydrogen) atoms. The lowest BCUT2D eigenvalue weighted by Gasteiger charge is -2.45. The summed E-state index contributed by atoms with van der Waals surface area (Å²) in [5, 5.41) is 0. The van der Waals surface area contributed by atoms with Gasteiger partial charge in [0.15, 0.2) is 6.61 Å². The summed E-state index contributed by atoms with van der Waals surface area (Å²) in [7, 11) is 0. The van der Waals surface area contributed by atoms with Crippen LogP contribution in [0.25, 0.3) is 0 Å². The molecule has 196 valence electrons. The molecule has 0 aliphatic carbocycles. The normalized spacial score (nSPS) is 19.0. The molecule has 2 aliphatic heterocycles. The number of unbranched alkanes of at least 4 members (excludes halogenated alkanes) is 1. The minimum absolute atomic E-state index is 0.106. The maximum Gasteiger partial charge on any atom is 0.260 e. The Morgan fingerprint density at radius 2 is 1.78 bits per heavy atom. The van der Waals surface area contributed by atoms with Gasteiger partial charge < -0.3 is 14.4 Å². The van der Waals surface area contributed by atoms with Gasteiger partial charge in [0.2, 0.25) is 0 Å². The molecule has 4 rings (SSSR count). The van der Waals surface area contributed by atoms with Crippen LogP contribution in [-0.4, -0.2) is 61.6 Å². The number of aryl methyl sites for hydroxylation is 2. The van der Waals surface area contributed by atoms with Crippen LogP contribution in [0.1, 0.15) is 63.0 Å². The number of ether oxygens (including phenoxy) is 2. The Morgan fingerprint density at radius 1 is 1.00 bits per heavy atom. The molecule has 0 bridgehead atoms. The number of carbonyl (C=O) groups excluding carboxylic acids is 1.